The standard InChI is InChI=1S/C14H16N4O2S/c15-5-4-13-10-18(11-17-13)6-7-21(19,20)14-3-1-2-12(8-14)9-16/h1-3,8,10-11H,4-7,15H2. The fraction of sp³-hybridized carbons (Fsp3) is 0.286. The Labute approximate surface area is 123 Å². The summed E-state index contributed by atoms with van der Waals surface area (Å²) in [5.41, 5.74) is 6.63. The van der Waals surface area contributed by atoms with Crippen molar-refractivity contribution >= 4 is 9.84 Å². The zero-order chi connectivity index (χ0) is 15.3. The van der Waals surface area contributed by atoms with Gasteiger partial charge < -0.3 is 10.3 Å². The Morgan fingerprint density at radius 3 is 2.90 bits per heavy atom. The molecule has 1 heterocycles. The van der Waals surface area contributed by atoms with E-state index in [2.05, 4.69) is 4.98 Å². The second-order valence-electron chi connectivity index (χ2n) is 4.60. The van der Waals surface area contributed by atoms with E-state index in [1.54, 1.807) is 29.2 Å². The van der Waals surface area contributed by atoms with Crippen molar-refractivity contribution in [1.82, 2.24) is 9.55 Å². The van der Waals surface area contributed by atoms with Gasteiger partial charge in [0, 0.05) is 19.2 Å². The molecule has 110 valence electrons. The van der Waals surface area contributed by atoms with E-state index in [0.717, 1.165) is 5.69 Å². The van der Waals surface area contributed by atoms with Crippen molar-refractivity contribution in [1.29, 1.82) is 5.26 Å². The lowest BCUT2D eigenvalue weighted by atomic mass is 10.2. The first-order valence-corrected chi connectivity index (χ1v) is 8.14. The van der Waals surface area contributed by atoms with Gasteiger partial charge in [-0.25, -0.2) is 13.4 Å². The van der Waals surface area contributed by atoms with E-state index < -0.39 is 9.84 Å². The summed E-state index contributed by atoms with van der Waals surface area (Å²) in [6, 6.07) is 7.98. The summed E-state index contributed by atoms with van der Waals surface area (Å²) in [5.74, 6) is -0.0414. The number of imidazole rings is 1. The first kappa shape index (κ1) is 15.2. The van der Waals surface area contributed by atoms with Crippen LogP contribution in [-0.4, -0.2) is 30.3 Å². The second-order valence-corrected chi connectivity index (χ2v) is 6.71. The van der Waals surface area contributed by atoms with Crippen molar-refractivity contribution in [3.8, 4) is 6.07 Å². The fourth-order valence-corrected chi connectivity index (χ4v) is 3.19. The third kappa shape index (κ3) is 3.90. The molecule has 0 atom stereocenters. The number of benzene rings is 1. The Balaban J connectivity index is 2.08. The average molecular weight is 304 g/mol. The van der Waals surface area contributed by atoms with Gasteiger partial charge >= 0.3 is 0 Å². The molecule has 7 heteroatoms. The SMILES string of the molecule is N#Cc1cccc(S(=O)(=O)CCn2cnc(CCN)c2)c1. The van der Waals surface area contributed by atoms with E-state index in [9.17, 15) is 8.42 Å². The van der Waals surface area contributed by atoms with Gasteiger partial charge in [-0.1, -0.05) is 6.07 Å². The summed E-state index contributed by atoms with van der Waals surface area (Å²) >= 11 is 0. The number of nitrogens with zero attached hydrogens (tertiary/aromatic N) is 3. The molecular weight excluding hydrogens is 288 g/mol. The predicted molar refractivity (Wildman–Crippen MR) is 78.2 cm³/mol. The lowest BCUT2D eigenvalue weighted by Gasteiger charge is -2.05. The van der Waals surface area contributed by atoms with Crippen LogP contribution in [0.2, 0.25) is 0 Å². The Bertz CT molecular complexity index is 759. The zero-order valence-electron chi connectivity index (χ0n) is 11.4. The van der Waals surface area contributed by atoms with Crippen molar-refractivity contribution in [2.45, 2.75) is 17.9 Å². The van der Waals surface area contributed by atoms with Crippen LogP contribution >= 0.6 is 0 Å². The third-order valence-electron chi connectivity index (χ3n) is 3.03. The minimum atomic E-state index is -3.42. The van der Waals surface area contributed by atoms with E-state index in [-0.39, 0.29) is 10.6 Å². The van der Waals surface area contributed by atoms with Crippen molar-refractivity contribution in [2.24, 2.45) is 5.73 Å². The van der Waals surface area contributed by atoms with Crippen LogP contribution < -0.4 is 5.73 Å². The van der Waals surface area contributed by atoms with Crippen LogP contribution in [0.4, 0.5) is 0 Å². The van der Waals surface area contributed by atoms with Gasteiger partial charge in [-0.3, -0.25) is 0 Å². The lowest BCUT2D eigenvalue weighted by molar-refractivity contribution is 0.588. The molecule has 0 unspecified atom stereocenters. The van der Waals surface area contributed by atoms with E-state index >= 15 is 0 Å². The maximum atomic E-state index is 12.2. The Kier molecular flexibility index (Phi) is 4.73. The Hall–Kier alpha value is -2.17. The van der Waals surface area contributed by atoms with Crippen molar-refractivity contribution in [2.75, 3.05) is 12.3 Å². The zero-order valence-corrected chi connectivity index (χ0v) is 12.3. The van der Waals surface area contributed by atoms with Gasteiger partial charge in [-0.15, -0.1) is 0 Å². The highest BCUT2D eigenvalue weighted by Gasteiger charge is 2.15. The summed E-state index contributed by atoms with van der Waals surface area (Å²) in [5, 5.41) is 8.82. The molecule has 0 spiro atoms. The Morgan fingerprint density at radius 2 is 2.19 bits per heavy atom. The molecule has 1 aromatic carbocycles. The summed E-state index contributed by atoms with van der Waals surface area (Å²) in [4.78, 5) is 4.32. The molecule has 2 rings (SSSR count). The second kappa shape index (κ2) is 6.52. The molecule has 0 saturated heterocycles. The number of sulfone groups is 1. The highest BCUT2D eigenvalue weighted by Crippen LogP contribution is 2.13. The molecule has 0 bridgehead atoms. The number of rotatable bonds is 6. The van der Waals surface area contributed by atoms with Crippen LogP contribution in [0.15, 0.2) is 41.7 Å². The van der Waals surface area contributed by atoms with E-state index in [4.69, 9.17) is 11.0 Å². The van der Waals surface area contributed by atoms with Gasteiger partial charge in [0.2, 0.25) is 0 Å². The number of hydrogen-bond acceptors (Lipinski definition) is 5. The van der Waals surface area contributed by atoms with Crippen LogP contribution in [0.3, 0.4) is 0 Å². The van der Waals surface area contributed by atoms with Crippen molar-refractivity contribution in [3.63, 3.8) is 0 Å². The topological polar surface area (TPSA) is 102 Å². The van der Waals surface area contributed by atoms with E-state index in [1.807, 2.05) is 6.07 Å². The highest BCUT2D eigenvalue weighted by molar-refractivity contribution is 7.91. The molecule has 0 saturated carbocycles. The molecule has 21 heavy (non-hydrogen) atoms. The number of nitrogens with two attached hydrogens (primary N) is 1. The van der Waals surface area contributed by atoms with Crippen LogP contribution in [0.1, 0.15) is 11.3 Å². The molecule has 2 aromatic rings. The van der Waals surface area contributed by atoms with Gasteiger partial charge in [-0.2, -0.15) is 5.26 Å². The minimum Gasteiger partial charge on any atom is -0.336 e. The van der Waals surface area contributed by atoms with Crippen LogP contribution in [-0.2, 0) is 22.8 Å². The number of aryl methyl sites for hydroxylation is 1. The molecule has 0 aliphatic heterocycles. The molecule has 0 fully saturated rings. The molecule has 0 aliphatic rings. The largest absolute Gasteiger partial charge is 0.336 e. The highest BCUT2D eigenvalue weighted by atomic mass is 32.2. The monoisotopic (exact) mass is 304 g/mol. The van der Waals surface area contributed by atoms with Gasteiger partial charge in [0.15, 0.2) is 9.84 Å². The lowest BCUT2D eigenvalue weighted by Crippen LogP contribution is -2.12. The van der Waals surface area contributed by atoms with Crippen molar-refractivity contribution in [3.05, 3.63) is 48.0 Å². The number of hydrogen-bond donors (Lipinski definition) is 1. The predicted octanol–water partition coefficient (Wildman–Crippen LogP) is 0.730. The molecule has 0 aliphatic carbocycles. The van der Waals surface area contributed by atoms with Gasteiger partial charge in [-0.05, 0) is 24.7 Å². The normalized spacial score (nSPS) is 11.2. The number of aromatic nitrogens is 2. The maximum absolute atomic E-state index is 12.2. The van der Waals surface area contributed by atoms with Gasteiger partial charge in [0.05, 0.1) is 34.3 Å². The van der Waals surface area contributed by atoms with Crippen LogP contribution in [0, 0.1) is 11.3 Å². The summed E-state index contributed by atoms with van der Waals surface area (Å²) < 4.78 is 26.2. The Morgan fingerprint density at radius 1 is 1.38 bits per heavy atom. The number of nitriles is 1. The third-order valence-corrected chi connectivity index (χ3v) is 4.72. The first-order valence-electron chi connectivity index (χ1n) is 6.49. The summed E-state index contributed by atoms with van der Waals surface area (Å²) in [7, 11) is -3.42. The molecule has 6 nitrogen and oxygen atoms in total. The maximum Gasteiger partial charge on any atom is 0.180 e. The molecule has 0 amide bonds. The van der Waals surface area contributed by atoms with Gasteiger partial charge in [0.25, 0.3) is 0 Å². The van der Waals surface area contributed by atoms with Crippen LogP contribution in [0.25, 0.3) is 0 Å². The molecule has 1 aromatic heterocycles. The minimum absolute atomic E-state index is 0.0414. The summed E-state index contributed by atoms with van der Waals surface area (Å²) in [6.45, 7) is 0.826. The van der Waals surface area contributed by atoms with Gasteiger partial charge in [0.1, 0.15) is 0 Å². The fourth-order valence-electron chi connectivity index (χ4n) is 1.91. The van der Waals surface area contributed by atoms with E-state index in [1.165, 1.54) is 12.1 Å². The molecule has 0 radical (unpaired) electrons. The average Bonchev–Trinajstić information content (AvgIpc) is 2.93. The quantitative estimate of drug-likeness (QED) is 0.847. The van der Waals surface area contributed by atoms with E-state index in [0.29, 0.717) is 25.1 Å². The molecule has 2 N–H and O–H groups in total. The first-order chi connectivity index (χ1) is 10.0. The van der Waals surface area contributed by atoms with Crippen molar-refractivity contribution < 1.29 is 8.42 Å². The molecular formula is C14H16N4O2S. The summed E-state index contributed by atoms with van der Waals surface area (Å²) in [6.07, 6.45) is 4.07. The smallest absolute Gasteiger partial charge is 0.180 e. The van der Waals surface area contributed by atoms with Crippen LogP contribution in [0.5, 0.6) is 0 Å².